The van der Waals surface area contributed by atoms with Crippen LogP contribution in [0.4, 0.5) is 19.0 Å². The van der Waals surface area contributed by atoms with Crippen LogP contribution in [0.25, 0.3) is 5.57 Å². The first-order valence-corrected chi connectivity index (χ1v) is 5.93. The van der Waals surface area contributed by atoms with Gasteiger partial charge in [-0.25, -0.2) is 4.98 Å². The Balaban J connectivity index is 3.25. The fraction of sp³-hybridized carbons (Fsp3) is 0.357. The van der Waals surface area contributed by atoms with Gasteiger partial charge in [-0.05, 0) is 36.6 Å². The number of anilines is 1. The Morgan fingerprint density at radius 3 is 2.37 bits per heavy atom. The first kappa shape index (κ1) is 15.3. The predicted octanol–water partition coefficient (Wildman–Crippen LogP) is 4.21. The van der Waals surface area contributed by atoms with Crippen molar-refractivity contribution in [3.05, 3.63) is 41.6 Å². The Labute approximate surface area is 110 Å². The largest absolute Gasteiger partial charge is 0.412 e. The zero-order valence-electron chi connectivity index (χ0n) is 11.1. The average molecular weight is 270 g/mol. The van der Waals surface area contributed by atoms with Crippen LogP contribution in [-0.4, -0.2) is 11.2 Å². The molecule has 0 fully saturated rings. The lowest BCUT2D eigenvalue weighted by Gasteiger charge is -2.16. The molecule has 0 atom stereocenters. The van der Waals surface area contributed by atoms with Crippen LogP contribution in [-0.2, 0) is 0 Å². The van der Waals surface area contributed by atoms with Gasteiger partial charge in [0.15, 0.2) is 0 Å². The van der Waals surface area contributed by atoms with E-state index in [4.69, 9.17) is 5.73 Å². The van der Waals surface area contributed by atoms with Crippen molar-refractivity contribution in [2.24, 2.45) is 5.92 Å². The van der Waals surface area contributed by atoms with E-state index in [1.807, 2.05) is 0 Å². The number of rotatable bonds is 3. The summed E-state index contributed by atoms with van der Waals surface area (Å²) < 4.78 is 38.8. The molecule has 5 heteroatoms. The number of halogens is 3. The van der Waals surface area contributed by atoms with E-state index >= 15 is 0 Å². The number of pyridine rings is 1. The molecule has 0 radical (unpaired) electrons. The van der Waals surface area contributed by atoms with Crippen molar-refractivity contribution < 1.29 is 13.2 Å². The van der Waals surface area contributed by atoms with Gasteiger partial charge >= 0.3 is 6.18 Å². The van der Waals surface area contributed by atoms with Crippen LogP contribution in [0.15, 0.2) is 35.9 Å². The van der Waals surface area contributed by atoms with E-state index in [0.717, 1.165) is 6.08 Å². The molecule has 1 aromatic heterocycles. The van der Waals surface area contributed by atoms with Gasteiger partial charge in [0, 0.05) is 5.57 Å². The van der Waals surface area contributed by atoms with E-state index in [9.17, 15) is 13.2 Å². The molecular weight excluding hydrogens is 253 g/mol. The second kappa shape index (κ2) is 5.91. The molecule has 0 amide bonds. The molecule has 0 aliphatic carbocycles. The summed E-state index contributed by atoms with van der Waals surface area (Å²) in [5, 5.41) is 0. The number of hydrogen-bond acceptors (Lipinski definition) is 2. The van der Waals surface area contributed by atoms with E-state index in [1.54, 1.807) is 31.2 Å². The SMILES string of the molecule is CC=C(/C=C(\C(C)C)C(F)(F)F)c1cccc(N)n1. The van der Waals surface area contributed by atoms with E-state index in [2.05, 4.69) is 4.98 Å². The molecule has 0 saturated heterocycles. The number of nitrogens with two attached hydrogens (primary N) is 1. The summed E-state index contributed by atoms with van der Waals surface area (Å²) in [5.74, 6) is -0.334. The second-order valence-electron chi connectivity index (χ2n) is 4.44. The third-order valence-electron chi connectivity index (χ3n) is 2.64. The Bertz CT molecular complexity index is 500. The summed E-state index contributed by atoms with van der Waals surface area (Å²) in [4.78, 5) is 4.04. The van der Waals surface area contributed by atoms with Crippen LogP contribution in [0.1, 0.15) is 26.5 Å². The van der Waals surface area contributed by atoms with Gasteiger partial charge in [0.25, 0.3) is 0 Å². The van der Waals surface area contributed by atoms with Crippen molar-refractivity contribution in [3.63, 3.8) is 0 Å². The summed E-state index contributed by atoms with van der Waals surface area (Å²) in [5.41, 5.74) is 5.81. The van der Waals surface area contributed by atoms with Gasteiger partial charge in [0.1, 0.15) is 5.82 Å². The quantitative estimate of drug-likeness (QED) is 0.835. The number of allylic oxidation sites excluding steroid dienone is 4. The van der Waals surface area contributed by atoms with Crippen molar-refractivity contribution in [2.45, 2.75) is 26.9 Å². The molecule has 0 unspecified atom stereocenters. The lowest BCUT2D eigenvalue weighted by Crippen LogP contribution is -2.16. The Kier molecular flexibility index (Phi) is 4.75. The molecule has 2 nitrogen and oxygen atoms in total. The summed E-state index contributed by atoms with van der Waals surface area (Å²) in [6.07, 6.45) is -1.62. The molecule has 2 N–H and O–H groups in total. The van der Waals surface area contributed by atoms with Crippen molar-refractivity contribution in [3.8, 4) is 0 Å². The van der Waals surface area contributed by atoms with Gasteiger partial charge in [-0.2, -0.15) is 13.2 Å². The lowest BCUT2D eigenvalue weighted by atomic mass is 9.98. The summed E-state index contributed by atoms with van der Waals surface area (Å²) in [7, 11) is 0. The minimum Gasteiger partial charge on any atom is -0.384 e. The van der Waals surface area contributed by atoms with Gasteiger partial charge < -0.3 is 5.73 Å². The van der Waals surface area contributed by atoms with Gasteiger partial charge in [-0.15, -0.1) is 0 Å². The number of alkyl halides is 3. The summed E-state index contributed by atoms with van der Waals surface area (Å²) >= 11 is 0. The molecule has 0 aliphatic rings. The zero-order valence-corrected chi connectivity index (χ0v) is 11.1. The minimum absolute atomic E-state index is 0.281. The van der Waals surface area contributed by atoms with Gasteiger partial charge in [0.2, 0.25) is 0 Å². The highest BCUT2D eigenvalue weighted by Gasteiger charge is 2.35. The maximum atomic E-state index is 12.9. The molecule has 1 rings (SSSR count). The predicted molar refractivity (Wildman–Crippen MR) is 71.3 cm³/mol. The average Bonchev–Trinajstić information content (AvgIpc) is 2.27. The highest BCUT2D eigenvalue weighted by atomic mass is 19.4. The van der Waals surface area contributed by atoms with Crippen LogP contribution >= 0.6 is 0 Å². The maximum Gasteiger partial charge on any atom is 0.412 e. The fourth-order valence-corrected chi connectivity index (χ4v) is 1.66. The van der Waals surface area contributed by atoms with Gasteiger partial charge in [0.05, 0.1) is 5.69 Å². The standard InChI is InChI=1S/C14H17F3N2/c1-4-10(12-6-5-7-13(18)19-12)8-11(9(2)3)14(15,16)17/h4-9H,1-3H3,(H2,18,19)/b10-4?,11-8+. The smallest absolute Gasteiger partial charge is 0.384 e. The normalized spacial score (nSPS) is 14.1. The van der Waals surface area contributed by atoms with Crippen LogP contribution in [0.5, 0.6) is 0 Å². The van der Waals surface area contributed by atoms with Gasteiger partial charge in [-0.1, -0.05) is 26.0 Å². The first-order valence-electron chi connectivity index (χ1n) is 5.93. The molecule has 104 valence electrons. The molecular formula is C14H17F3N2. The second-order valence-corrected chi connectivity index (χ2v) is 4.44. The molecule has 0 aliphatic heterocycles. The third-order valence-corrected chi connectivity index (χ3v) is 2.64. The molecule has 0 aromatic carbocycles. The zero-order chi connectivity index (χ0) is 14.6. The van der Waals surface area contributed by atoms with Crippen LogP contribution in [0.2, 0.25) is 0 Å². The maximum absolute atomic E-state index is 12.9. The van der Waals surface area contributed by atoms with Crippen molar-refractivity contribution in [1.29, 1.82) is 0 Å². The number of hydrogen-bond donors (Lipinski definition) is 1. The van der Waals surface area contributed by atoms with Crippen molar-refractivity contribution in [2.75, 3.05) is 5.73 Å². The van der Waals surface area contributed by atoms with E-state index in [1.165, 1.54) is 13.8 Å². The fourth-order valence-electron chi connectivity index (χ4n) is 1.66. The van der Waals surface area contributed by atoms with Gasteiger partial charge in [-0.3, -0.25) is 0 Å². The Morgan fingerprint density at radius 1 is 1.32 bits per heavy atom. The van der Waals surface area contributed by atoms with E-state index in [0.29, 0.717) is 11.3 Å². The molecule has 19 heavy (non-hydrogen) atoms. The number of nitrogen functional groups attached to an aromatic ring is 1. The highest BCUT2D eigenvalue weighted by Crippen LogP contribution is 2.33. The third kappa shape index (κ3) is 4.12. The topological polar surface area (TPSA) is 38.9 Å². The van der Waals surface area contributed by atoms with Crippen LogP contribution in [0.3, 0.4) is 0 Å². The lowest BCUT2D eigenvalue weighted by molar-refractivity contribution is -0.0975. The monoisotopic (exact) mass is 270 g/mol. The number of nitrogens with zero attached hydrogens (tertiary/aromatic N) is 1. The van der Waals surface area contributed by atoms with Crippen LogP contribution in [0, 0.1) is 5.92 Å². The Morgan fingerprint density at radius 2 is 1.95 bits per heavy atom. The molecule has 1 heterocycles. The van der Waals surface area contributed by atoms with E-state index < -0.39 is 17.7 Å². The van der Waals surface area contributed by atoms with E-state index in [-0.39, 0.29) is 5.82 Å². The molecule has 0 saturated carbocycles. The first-order chi connectivity index (χ1) is 8.75. The number of aromatic nitrogens is 1. The molecule has 0 spiro atoms. The minimum atomic E-state index is -4.34. The highest BCUT2D eigenvalue weighted by molar-refractivity contribution is 5.73. The Hall–Kier alpha value is -1.78. The molecule has 0 bridgehead atoms. The van der Waals surface area contributed by atoms with Crippen molar-refractivity contribution in [1.82, 2.24) is 4.98 Å². The summed E-state index contributed by atoms with van der Waals surface area (Å²) in [6, 6.07) is 4.89. The molecule has 1 aromatic rings. The van der Waals surface area contributed by atoms with Crippen LogP contribution < -0.4 is 5.73 Å². The van der Waals surface area contributed by atoms with Crippen molar-refractivity contribution >= 4 is 11.4 Å². The summed E-state index contributed by atoms with van der Waals surface area (Å²) in [6.45, 7) is 4.70.